The van der Waals surface area contributed by atoms with Crippen molar-refractivity contribution in [2.45, 2.75) is 12.5 Å². The molecular formula is C10H14FIN2O2. The molecule has 0 bridgehead atoms. The fourth-order valence-electron chi connectivity index (χ4n) is 1.27. The molecule has 1 heterocycles. The summed E-state index contributed by atoms with van der Waals surface area (Å²) in [5.74, 6) is -0.207. The Morgan fingerprint density at radius 2 is 2.44 bits per heavy atom. The van der Waals surface area contributed by atoms with Gasteiger partial charge in [0.25, 0.3) is 0 Å². The molecule has 90 valence electrons. The highest BCUT2D eigenvalue weighted by atomic mass is 127. The number of hydrogen-bond donors (Lipinski definition) is 2. The molecule has 0 aromatic carbocycles. The molecule has 4 nitrogen and oxygen atoms in total. The van der Waals surface area contributed by atoms with Gasteiger partial charge in [-0.1, -0.05) is 0 Å². The van der Waals surface area contributed by atoms with Crippen LogP contribution in [0.3, 0.4) is 0 Å². The Balaban J connectivity index is 2.68. The predicted molar refractivity (Wildman–Crippen MR) is 67.9 cm³/mol. The van der Waals surface area contributed by atoms with Crippen LogP contribution in [-0.4, -0.2) is 36.5 Å². The molecule has 0 aliphatic rings. The van der Waals surface area contributed by atoms with Crippen molar-refractivity contribution in [1.82, 2.24) is 4.98 Å². The first-order valence-electron chi connectivity index (χ1n) is 4.84. The van der Waals surface area contributed by atoms with E-state index in [9.17, 15) is 4.39 Å². The lowest BCUT2D eigenvalue weighted by Gasteiger charge is -2.17. The maximum atomic E-state index is 13.5. The smallest absolute Gasteiger partial charge is 0.166 e. The van der Waals surface area contributed by atoms with E-state index in [1.54, 1.807) is 13.3 Å². The number of nitrogens with zero attached hydrogens (tertiary/aromatic N) is 1. The van der Waals surface area contributed by atoms with E-state index in [1.165, 1.54) is 6.07 Å². The highest BCUT2D eigenvalue weighted by molar-refractivity contribution is 14.1. The maximum Gasteiger partial charge on any atom is 0.166 e. The Hall–Kier alpha value is -0.470. The molecule has 1 rings (SSSR count). The summed E-state index contributed by atoms with van der Waals surface area (Å²) in [5.41, 5.74) is 0. The molecule has 2 N–H and O–H groups in total. The van der Waals surface area contributed by atoms with Gasteiger partial charge in [0.15, 0.2) is 11.6 Å². The van der Waals surface area contributed by atoms with Crippen LogP contribution in [0.5, 0.6) is 0 Å². The van der Waals surface area contributed by atoms with Crippen LogP contribution >= 0.6 is 22.6 Å². The van der Waals surface area contributed by atoms with Crippen LogP contribution in [0.25, 0.3) is 0 Å². The van der Waals surface area contributed by atoms with Crippen molar-refractivity contribution in [1.29, 1.82) is 0 Å². The number of ether oxygens (including phenoxy) is 1. The number of halogens is 2. The molecule has 16 heavy (non-hydrogen) atoms. The van der Waals surface area contributed by atoms with Gasteiger partial charge in [0.05, 0.1) is 12.6 Å². The van der Waals surface area contributed by atoms with Crippen LogP contribution in [0.1, 0.15) is 6.42 Å². The van der Waals surface area contributed by atoms with Gasteiger partial charge in [-0.25, -0.2) is 9.37 Å². The van der Waals surface area contributed by atoms with Crippen LogP contribution in [0.15, 0.2) is 12.3 Å². The number of aliphatic hydroxyl groups excluding tert-OH is 1. The van der Waals surface area contributed by atoms with E-state index in [-0.39, 0.29) is 18.5 Å². The van der Waals surface area contributed by atoms with E-state index < -0.39 is 5.82 Å². The largest absolute Gasteiger partial charge is 0.396 e. The van der Waals surface area contributed by atoms with Gasteiger partial charge in [-0.3, -0.25) is 0 Å². The Morgan fingerprint density at radius 1 is 1.69 bits per heavy atom. The van der Waals surface area contributed by atoms with Gasteiger partial charge in [0, 0.05) is 23.5 Å². The Bertz CT molecular complexity index is 333. The minimum absolute atomic E-state index is 0.0208. The zero-order valence-corrected chi connectivity index (χ0v) is 11.1. The van der Waals surface area contributed by atoms with Crippen LogP contribution in [-0.2, 0) is 4.74 Å². The molecular weight excluding hydrogens is 326 g/mol. The second-order valence-electron chi connectivity index (χ2n) is 3.29. The molecule has 1 aromatic heterocycles. The van der Waals surface area contributed by atoms with E-state index >= 15 is 0 Å². The SMILES string of the molecule is COCC(CCO)Nc1ncc(I)cc1F. The Kier molecular flexibility index (Phi) is 5.93. The summed E-state index contributed by atoms with van der Waals surface area (Å²) in [6.45, 7) is 0.417. The molecule has 6 heteroatoms. The average Bonchev–Trinajstić information content (AvgIpc) is 2.23. The number of anilines is 1. The lowest BCUT2D eigenvalue weighted by molar-refractivity contribution is 0.170. The number of nitrogens with one attached hydrogen (secondary N) is 1. The van der Waals surface area contributed by atoms with Crippen LogP contribution < -0.4 is 5.32 Å². The highest BCUT2D eigenvalue weighted by Crippen LogP contribution is 2.15. The second kappa shape index (κ2) is 6.97. The first-order chi connectivity index (χ1) is 7.67. The lowest BCUT2D eigenvalue weighted by Crippen LogP contribution is -2.27. The fraction of sp³-hybridized carbons (Fsp3) is 0.500. The van der Waals surface area contributed by atoms with Gasteiger partial charge >= 0.3 is 0 Å². The van der Waals surface area contributed by atoms with Crippen molar-refractivity contribution in [3.63, 3.8) is 0 Å². The van der Waals surface area contributed by atoms with Crippen molar-refractivity contribution in [3.05, 3.63) is 21.7 Å². The van der Waals surface area contributed by atoms with E-state index in [0.29, 0.717) is 13.0 Å². The third-order valence-electron chi connectivity index (χ3n) is 1.99. The topological polar surface area (TPSA) is 54.4 Å². The number of rotatable bonds is 6. The van der Waals surface area contributed by atoms with Gasteiger partial charge in [-0.05, 0) is 35.1 Å². The van der Waals surface area contributed by atoms with Crippen molar-refractivity contribution >= 4 is 28.4 Å². The second-order valence-corrected chi connectivity index (χ2v) is 4.54. The van der Waals surface area contributed by atoms with Gasteiger partial charge < -0.3 is 15.2 Å². The monoisotopic (exact) mass is 340 g/mol. The molecule has 1 atom stereocenters. The van der Waals surface area contributed by atoms with Gasteiger partial charge in [-0.2, -0.15) is 0 Å². The number of methoxy groups -OCH3 is 1. The number of aromatic nitrogens is 1. The number of pyridine rings is 1. The van der Waals surface area contributed by atoms with Crippen molar-refractivity contribution in [2.24, 2.45) is 0 Å². The molecule has 0 aliphatic heterocycles. The van der Waals surface area contributed by atoms with Crippen molar-refractivity contribution in [2.75, 3.05) is 25.6 Å². The summed E-state index contributed by atoms with van der Waals surface area (Å²) in [6.07, 6.45) is 2.07. The third kappa shape index (κ3) is 4.18. The minimum Gasteiger partial charge on any atom is -0.396 e. The van der Waals surface area contributed by atoms with Crippen LogP contribution in [0, 0.1) is 9.39 Å². The molecule has 1 aromatic rings. The summed E-state index contributed by atoms with van der Waals surface area (Å²) in [6, 6.07) is 1.26. The summed E-state index contributed by atoms with van der Waals surface area (Å²) in [7, 11) is 1.56. The lowest BCUT2D eigenvalue weighted by atomic mass is 10.2. The normalized spacial score (nSPS) is 12.5. The molecule has 0 aliphatic carbocycles. The number of aliphatic hydroxyl groups is 1. The quantitative estimate of drug-likeness (QED) is 0.773. The van der Waals surface area contributed by atoms with Gasteiger partial charge in [0.1, 0.15) is 0 Å². The van der Waals surface area contributed by atoms with Gasteiger partial charge in [-0.15, -0.1) is 0 Å². The van der Waals surface area contributed by atoms with E-state index in [4.69, 9.17) is 9.84 Å². The number of hydrogen-bond acceptors (Lipinski definition) is 4. The van der Waals surface area contributed by atoms with E-state index in [2.05, 4.69) is 10.3 Å². The third-order valence-corrected chi connectivity index (χ3v) is 2.58. The van der Waals surface area contributed by atoms with Crippen LogP contribution in [0.2, 0.25) is 0 Å². The maximum absolute atomic E-state index is 13.5. The predicted octanol–water partition coefficient (Wildman–Crippen LogP) is 1.63. The average molecular weight is 340 g/mol. The molecule has 0 fully saturated rings. The van der Waals surface area contributed by atoms with E-state index in [1.807, 2.05) is 22.6 Å². The zero-order chi connectivity index (χ0) is 12.0. The zero-order valence-electron chi connectivity index (χ0n) is 8.91. The fourth-order valence-corrected chi connectivity index (χ4v) is 1.68. The summed E-state index contributed by atoms with van der Waals surface area (Å²) >= 11 is 1.99. The highest BCUT2D eigenvalue weighted by Gasteiger charge is 2.11. The summed E-state index contributed by atoms with van der Waals surface area (Å²) in [4.78, 5) is 3.95. The van der Waals surface area contributed by atoms with Crippen molar-refractivity contribution < 1.29 is 14.2 Å². The standard InChI is InChI=1S/C10H14FIN2O2/c1-16-6-8(2-3-15)14-10-9(11)4-7(12)5-13-10/h4-5,8,15H,2-3,6H2,1H3,(H,13,14). The Labute approximate surface area is 107 Å². The first kappa shape index (κ1) is 13.6. The molecule has 0 amide bonds. The summed E-state index contributed by atoms with van der Waals surface area (Å²) < 4.78 is 19.2. The first-order valence-corrected chi connectivity index (χ1v) is 5.92. The molecule has 0 radical (unpaired) electrons. The van der Waals surface area contributed by atoms with Crippen LogP contribution in [0.4, 0.5) is 10.2 Å². The molecule has 0 saturated heterocycles. The minimum atomic E-state index is -0.397. The summed E-state index contributed by atoms with van der Waals surface area (Å²) in [5, 5.41) is 11.7. The molecule has 1 unspecified atom stereocenters. The van der Waals surface area contributed by atoms with E-state index in [0.717, 1.165) is 3.57 Å². The van der Waals surface area contributed by atoms with Gasteiger partial charge in [0.2, 0.25) is 0 Å². The Morgan fingerprint density at radius 3 is 3.00 bits per heavy atom. The van der Waals surface area contributed by atoms with Crippen molar-refractivity contribution in [3.8, 4) is 0 Å². The molecule has 0 spiro atoms. The molecule has 0 saturated carbocycles.